The molecule has 0 amide bonds. The first-order valence-electron chi connectivity index (χ1n) is 5.76. The molecule has 0 saturated heterocycles. The number of hydrogen-bond donors (Lipinski definition) is 0. The number of hydrogen-bond acceptors (Lipinski definition) is 2. The second kappa shape index (κ2) is 5.15. The molecule has 17 heavy (non-hydrogen) atoms. The molecular weight excluding hydrogens is 228 g/mol. The minimum Gasteiger partial charge on any atom is -0.408 e. The summed E-state index contributed by atoms with van der Waals surface area (Å²) >= 11 is 0. The molecule has 0 N–H and O–H groups in total. The molecule has 3 heteroatoms. The lowest BCUT2D eigenvalue weighted by molar-refractivity contribution is 0.103. The lowest BCUT2D eigenvalue weighted by Gasteiger charge is -2.30. The van der Waals surface area contributed by atoms with E-state index in [2.05, 4.69) is 20.8 Å². The van der Waals surface area contributed by atoms with Crippen molar-refractivity contribution in [3.63, 3.8) is 0 Å². The molecule has 2 radical (unpaired) electrons. The van der Waals surface area contributed by atoms with Gasteiger partial charge < -0.3 is 4.43 Å². The van der Waals surface area contributed by atoms with Crippen molar-refractivity contribution < 1.29 is 9.22 Å². The zero-order valence-corrected chi connectivity index (χ0v) is 12.2. The summed E-state index contributed by atoms with van der Waals surface area (Å²) in [5.74, 6) is 0. The van der Waals surface area contributed by atoms with Crippen LogP contribution in [0.4, 0.5) is 0 Å². The third-order valence-electron chi connectivity index (χ3n) is 2.35. The maximum atomic E-state index is 11.0. The molecule has 0 heterocycles. The van der Waals surface area contributed by atoms with Gasteiger partial charge >= 0.3 is 0 Å². The number of rotatable bonds is 4. The first kappa shape index (κ1) is 14.1. The third kappa shape index (κ3) is 4.09. The Hall–Kier alpha value is -0.933. The number of carbonyl (C=O) groups is 1. The molecule has 0 saturated carbocycles. The second-order valence-electron chi connectivity index (χ2n) is 5.67. The Labute approximate surface area is 106 Å². The van der Waals surface area contributed by atoms with Crippen molar-refractivity contribution in [2.24, 2.45) is 0 Å². The van der Waals surface area contributed by atoms with E-state index >= 15 is 0 Å². The van der Waals surface area contributed by atoms with Gasteiger partial charge in [0.25, 0.3) is 0 Å². The van der Waals surface area contributed by atoms with Crippen LogP contribution >= 0.6 is 0 Å². The highest BCUT2D eigenvalue weighted by Crippen LogP contribution is 2.30. The minimum atomic E-state index is -0.427. The molecule has 0 unspecified atom stereocenters. The van der Waals surface area contributed by atoms with Crippen LogP contribution in [0.3, 0.4) is 0 Å². The van der Waals surface area contributed by atoms with E-state index < -0.39 is 5.60 Å². The fourth-order valence-electron chi connectivity index (χ4n) is 1.48. The molecule has 0 atom stereocenters. The van der Waals surface area contributed by atoms with Crippen LogP contribution in [-0.4, -0.2) is 16.0 Å². The predicted octanol–water partition coefficient (Wildman–Crippen LogP) is 3.59. The Morgan fingerprint density at radius 2 is 1.71 bits per heavy atom. The highest BCUT2D eigenvalue weighted by molar-refractivity contribution is 6.31. The van der Waals surface area contributed by atoms with Gasteiger partial charge in [0, 0.05) is 5.56 Å². The van der Waals surface area contributed by atoms with Crippen LogP contribution < -0.4 is 0 Å². The second-order valence-corrected chi connectivity index (χ2v) is 7.58. The molecule has 0 aromatic heterocycles. The summed E-state index contributed by atoms with van der Waals surface area (Å²) in [5, 5.41) is 0.146. The molecule has 0 fully saturated rings. The van der Waals surface area contributed by atoms with Crippen LogP contribution in [0.1, 0.15) is 50.5 Å². The van der Waals surface area contributed by atoms with E-state index in [0.29, 0.717) is 15.3 Å². The van der Waals surface area contributed by atoms with E-state index in [4.69, 9.17) is 4.43 Å². The maximum Gasteiger partial charge on any atom is 0.236 e. The van der Waals surface area contributed by atoms with Crippen LogP contribution in [-0.2, 0) is 10.0 Å². The van der Waals surface area contributed by atoms with Gasteiger partial charge in [0.15, 0.2) is 0 Å². The van der Waals surface area contributed by atoms with Crippen molar-refractivity contribution >= 4 is 16.0 Å². The summed E-state index contributed by atoms with van der Waals surface area (Å²) in [6.07, 6.45) is 0.890. The Kier molecular flexibility index (Phi) is 4.28. The van der Waals surface area contributed by atoms with Gasteiger partial charge in [0.2, 0.25) is 9.76 Å². The molecule has 0 spiro atoms. The summed E-state index contributed by atoms with van der Waals surface area (Å²) in [6, 6.07) is 7.59. The lowest BCUT2D eigenvalue weighted by Crippen LogP contribution is -2.28. The van der Waals surface area contributed by atoms with E-state index in [9.17, 15) is 4.79 Å². The van der Waals surface area contributed by atoms with Gasteiger partial charge in [0.1, 0.15) is 6.29 Å². The Bertz CT molecular complexity index is 391. The molecular formula is C14H20O2Si. The van der Waals surface area contributed by atoms with Gasteiger partial charge in [-0.25, -0.2) is 0 Å². The van der Waals surface area contributed by atoms with Crippen LogP contribution in [0.15, 0.2) is 24.3 Å². The maximum absolute atomic E-state index is 11.0. The summed E-state index contributed by atoms with van der Waals surface area (Å²) in [4.78, 5) is 11.0. The molecule has 2 nitrogen and oxygen atoms in total. The summed E-state index contributed by atoms with van der Waals surface area (Å²) < 4.78 is 5.99. The number of benzene rings is 1. The molecule has 0 bridgehead atoms. The van der Waals surface area contributed by atoms with Gasteiger partial charge in [-0.2, -0.15) is 0 Å². The predicted molar refractivity (Wildman–Crippen MR) is 71.4 cm³/mol. The normalized spacial score (nSPS) is 12.5. The first-order chi connectivity index (χ1) is 7.76. The van der Waals surface area contributed by atoms with Crippen molar-refractivity contribution in [2.75, 3.05) is 0 Å². The van der Waals surface area contributed by atoms with E-state index in [-0.39, 0.29) is 5.04 Å². The molecule has 0 aliphatic heterocycles. The van der Waals surface area contributed by atoms with Crippen molar-refractivity contribution in [3.05, 3.63) is 35.4 Å². The van der Waals surface area contributed by atoms with Crippen LogP contribution in [0, 0.1) is 0 Å². The Morgan fingerprint density at radius 1 is 1.12 bits per heavy atom. The van der Waals surface area contributed by atoms with Gasteiger partial charge in [-0.05, 0) is 24.4 Å². The van der Waals surface area contributed by atoms with Crippen molar-refractivity contribution in [1.29, 1.82) is 0 Å². The van der Waals surface area contributed by atoms with E-state index in [1.54, 1.807) is 0 Å². The highest BCUT2D eigenvalue weighted by Gasteiger charge is 2.27. The monoisotopic (exact) mass is 248 g/mol. The molecule has 1 aromatic carbocycles. The Balaban J connectivity index is 2.92. The fraction of sp³-hybridized carbons (Fsp3) is 0.500. The molecule has 0 aliphatic rings. The zero-order chi connectivity index (χ0) is 13.1. The van der Waals surface area contributed by atoms with E-state index in [0.717, 1.165) is 11.8 Å². The smallest absolute Gasteiger partial charge is 0.236 e. The average Bonchev–Trinajstić information content (AvgIpc) is 2.26. The summed E-state index contributed by atoms with van der Waals surface area (Å²) in [6.45, 7) is 10.5. The molecule has 92 valence electrons. The minimum absolute atomic E-state index is 0.146. The van der Waals surface area contributed by atoms with Gasteiger partial charge in [-0.3, -0.25) is 4.79 Å². The van der Waals surface area contributed by atoms with Crippen molar-refractivity contribution in [1.82, 2.24) is 0 Å². The molecule has 1 rings (SSSR count). The standard InChI is InChI=1S/C14H20O2Si/c1-13(2,3)17-16-14(4,5)12-9-7-6-8-11(12)10-15/h6-10H,1-5H3. The van der Waals surface area contributed by atoms with Gasteiger partial charge in [0.05, 0.1) is 5.60 Å². The quantitative estimate of drug-likeness (QED) is 0.601. The van der Waals surface area contributed by atoms with Crippen LogP contribution in [0.5, 0.6) is 0 Å². The van der Waals surface area contributed by atoms with E-state index in [1.807, 2.05) is 38.1 Å². The highest BCUT2D eigenvalue weighted by atomic mass is 28.2. The largest absolute Gasteiger partial charge is 0.408 e. The Morgan fingerprint density at radius 3 is 2.24 bits per heavy atom. The van der Waals surface area contributed by atoms with E-state index in [1.165, 1.54) is 0 Å². The zero-order valence-electron chi connectivity index (χ0n) is 11.2. The number of carbonyl (C=O) groups excluding carboxylic acids is 1. The SMILES string of the molecule is CC(C)(C)[Si]OC(C)(C)c1ccccc1C=O. The van der Waals surface area contributed by atoms with Crippen LogP contribution in [0.2, 0.25) is 5.04 Å². The fourth-order valence-corrected chi connectivity index (χ4v) is 2.16. The average molecular weight is 248 g/mol. The van der Waals surface area contributed by atoms with Gasteiger partial charge in [-0.15, -0.1) is 0 Å². The summed E-state index contributed by atoms with van der Waals surface area (Å²) in [7, 11) is 0.400. The lowest BCUT2D eigenvalue weighted by atomic mass is 9.94. The van der Waals surface area contributed by atoms with Crippen molar-refractivity contribution in [3.8, 4) is 0 Å². The number of aldehydes is 1. The first-order valence-corrected chi connectivity index (χ1v) is 6.67. The van der Waals surface area contributed by atoms with Crippen molar-refractivity contribution in [2.45, 2.75) is 45.3 Å². The topological polar surface area (TPSA) is 26.3 Å². The molecule has 0 aliphatic carbocycles. The molecule has 1 aromatic rings. The van der Waals surface area contributed by atoms with Gasteiger partial charge in [-0.1, -0.05) is 45.0 Å². The third-order valence-corrected chi connectivity index (χ3v) is 3.57. The summed E-state index contributed by atoms with van der Waals surface area (Å²) in [5.41, 5.74) is 1.23. The van der Waals surface area contributed by atoms with Crippen LogP contribution in [0.25, 0.3) is 0 Å².